The predicted molar refractivity (Wildman–Crippen MR) is 156 cm³/mol. The fourth-order valence-electron chi connectivity index (χ4n) is 4.26. The van der Waals surface area contributed by atoms with Crippen LogP contribution in [0.5, 0.6) is 11.5 Å². The fraction of sp³-hybridized carbons (Fsp3) is 0.516. The summed E-state index contributed by atoms with van der Waals surface area (Å²) in [5.41, 5.74) is 0.642. The number of benzene rings is 2. The van der Waals surface area contributed by atoms with Crippen molar-refractivity contribution >= 4 is 23.6 Å². The van der Waals surface area contributed by atoms with Crippen LogP contribution in [-0.4, -0.2) is 53.2 Å². The van der Waals surface area contributed by atoms with E-state index in [1.54, 1.807) is 77.3 Å². The molecule has 2 aromatic rings. The topological polar surface area (TPSA) is 117 Å². The molecule has 0 saturated carbocycles. The molecule has 0 aliphatic heterocycles. The lowest BCUT2D eigenvalue weighted by Gasteiger charge is -2.36. The highest BCUT2D eigenvalue weighted by molar-refractivity contribution is 5.99. The highest BCUT2D eigenvalue weighted by Crippen LogP contribution is 2.34. The molecular weight excluding hydrogens is 510 g/mol. The molecule has 0 bridgehead atoms. The van der Waals surface area contributed by atoms with E-state index in [2.05, 4.69) is 10.6 Å². The first-order chi connectivity index (χ1) is 18.8. The summed E-state index contributed by atoms with van der Waals surface area (Å²) in [4.78, 5) is 42.3. The lowest BCUT2D eigenvalue weighted by molar-refractivity contribution is -0.141. The molecule has 0 spiro atoms. The van der Waals surface area contributed by atoms with Gasteiger partial charge in [0.1, 0.15) is 29.2 Å². The van der Waals surface area contributed by atoms with E-state index in [-0.39, 0.29) is 18.2 Å². The third-order valence-corrected chi connectivity index (χ3v) is 6.37. The number of unbranched alkanes of at least 4 members (excludes halogenated alkanes) is 2. The summed E-state index contributed by atoms with van der Waals surface area (Å²) in [7, 11) is 1.56. The van der Waals surface area contributed by atoms with Crippen LogP contribution in [0.1, 0.15) is 78.0 Å². The molecule has 220 valence electrons. The molecule has 2 atom stereocenters. The number of aryl methyl sites for hydroxylation is 1. The van der Waals surface area contributed by atoms with E-state index in [9.17, 15) is 19.5 Å². The number of para-hydroxylation sites is 1. The zero-order valence-corrected chi connectivity index (χ0v) is 25.0. The Morgan fingerprint density at radius 3 is 2.23 bits per heavy atom. The number of methoxy groups -OCH3 is 1. The molecule has 0 aromatic heterocycles. The zero-order chi connectivity index (χ0) is 30.0. The number of hydrogen-bond donors (Lipinski definition) is 3. The molecule has 0 aliphatic carbocycles. The molecule has 3 amide bonds. The van der Waals surface area contributed by atoms with Gasteiger partial charge in [0.25, 0.3) is 5.91 Å². The summed E-state index contributed by atoms with van der Waals surface area (Å²) in [5.74, 6) is -0.657. The molecule has 2 aromatic carbocycles. The van der Waals surface area contributed by atoms with Crippen LogP contribution in [-0.2, 0) is 14.3 Å². The molecule has 0 radical (unpaired) electrons. The van der Waals surface area contributed by atoms with Gasteiger partial charge in [0.2, 0.25) is 5.91 Å². The average molecular weight is 556 g/mol. The largest absolute Gasteiger partial charge is 0.507 e. The van der Waals surface area contributed by atoms with Gasteiger partial charge < -0.3 is 30.1 Å². The second-order valence-electron chi connectivity index (χ2n) is 11.2. The molecule has 2 rings (SSSR count). The van der Waals surface area contributed by atoms with Crippen LogP contribution in [0, 0.1) is 12.8 Å². The van der Waals surface area contributed by atoms with Crippen molar-refractivity contribution in [1.82, 2.24) is 10.2 Å². The molecule has 0 saturated heterocycles. The summed E-state index contributed by atoms with van der Waals surface area (Å²) < 4.78 is 10.6. The van der Waals surface area contributed by atoms with Crippen molar-refractivity contribution in [2.24, 2.45) is 5.92 Å². The Bertz CT molecular complexity index is 1140. The van der Waals surface area contributed by atoms with Crippen molar-refractivity contribution in [3.05, 3.63) is 53.6 Å². The van der Waals surface area contributed by atoms with Crippen molar-refractivity contribution in [2.45, 2.75) is 85.4 Å². The second-order valence-corrected chi connectivity index (χ2v) is 11.2. The smallest absolute Gasteiger partial charge is 0.408 e. The summed E-state index contributed by atoms with van der Waals surface area (Å²) in [6, 6.07) is 9.85. The normalized spacial score (nSPS) is 12.8. The third-order valence-electron chi connectivity index (χ3n) is 6.37. The number of carbonyl (C=O) groups excluding carboxylic acids is 3. The van der Waals surface area contributed by atoms with Crippen LogP contribution >= 0.6 is 0 Å². The number of ether oxygens (including phenoxy) is 2. The summed E-state index contributed by atoms with van der Waals surface area (Å²) in [6.45, 7) is 12.9. The Balaban J connectivity index is 2.57. The minimum absolute atomic E-state index is 0.0631. The maximum Gasteiger partial charge on any atom is 0.408 e. The van der Waals surface area contributed by atoms with E-state index in [4.69, 9.17) is 9.47 Å². The van der Waals surface area contributed by atoms with Gasteiger partial charge in [-0.3, -0.25) is 9.59 Å². The van der Waals surface area contributed by atoms with Crippen molar-refractivity contribution in [2.75, 3.05) is 19.0 Å². The highest BCUT2D eigenvalue weighted by Gasteiger charge is 2.38. The van der Waals surface area contributed by atoms with Gasteiger partial charge in [-0.2, -0.15) is 0 Å². The van der Waals surface area contributed by atoms with E-state index < -0.39 is 35.6 Å². The summed E-state index contributed by atoms with van der Waals surface area (Å²) >= 11 is 0. The number of phenols is 1. The number of carbonyl (C=O) groups is 3. The number of hydrogen-bond acceptors (Lipinski definition) is 6. The van der Waals surface area contributed by atoms with Crippen LogP contribution in [0.2, 0.25) is 0 Å². The van der Waals surface area contributed by atoms with Gasteiger partial charge in [-0.1, -0.05) is 51.8 Å². The van der Waals surface area contributed by atoms with E-state index in [0.717, 1.165) is 12.8 Å². The van der Waals surface area contributed by atoms with Crippen molar-refractivity contribution < 1.29 is 29.0 Å². The van der Waals surface area contributed by atoms with Gasteiger partial charge >= 0.3 is 6.09 Å². The zero-order valence-electron chi connectivity index (χ0n) is 25.0. The minimum atomic E-state index is -1.16. The molecule has 0 aliphatic rings. The predicted octanol–water partition coefficient (Wildman–Crippen LogP) is 5.96. The van der Waals surface area contributed by atoms with Gasteiger partial charge in [-0.25, -0.2) is 4.79 Å². The van der Waals surface area contributed by atoms with Crippen molar-refractivity contribution in [1.29, 1.82) is 0 Å². The summed E-state index contributed by atoms with van der Waals surface area (Å²) in [5, 5.41) is 16.7. The highest BCUT2D eigenvalue weighted by atomic mass is 16.6. The maximum atomic E-state index is 14.2. The fourth-order valence-corrected chi connectivity index (χ4v) is 4.26. The van der Waals surface area contributed by atoms with Crippen molar-refractivity contribution in [3.63, 3.8) is 0 Å². The number of amides is 3. The van der Waals surface area contributed by atoms with Crippen LogP contribution in [0.15, 0.2) is 42.5 Å². The number of alkyl carbamates (subject to hydrolysis) is 1. The Labute approximate surface area is 238 Å². The second kappa shape index (κ2) is 14.6. The van der Waals surface area contributed by atoms with Gasteiger partial charge in [0.05, 0.1) is 7.11 Å². The Kier molecular flexibility index (Phi) is 11.8. The maximum absolute atomic E-state index is 14.2. The SMILES string of the molecule is CCCCCN(C(=O)C(NC(=O)OC(C)(C)C)C(C)C)C(C(=O)Nc1ccc(OC)cc1)c1cccc(C)c1O. The van der Waals surface area contributed by atoms with Crippen LogP contribution in [0.4, 0.5) is 10.5 Å². The molecule has 9 nitrogen and oxygen atoms in total. The molecule has 0 heterocycles. The molecule has 40 heavy (non-hydrogen) atoms. The lowest BCUT2D eigenvalue weighted by atomic mass is 9.96. The number of rotatable bonds is 12. The number of nitrogens with one attached hydrogen (secondary N) is 2. The average Bonchev–Trinajstić information content (AvgIpc) is 2.88. The standard InChI is InChI=1S/C31H45N3O6/c1-9-10-11-19-34(29(37)25(20(2)3)33-30(38)40-31(5,6)7)26(24-14-12-13-21(4)27(24)35)28(36)32-22-15-17-23(39-8)18-16-22/h12-18,20,25-26,35H,9-11,19H2,1-8H3,(H,32,36)(H,33,38). The molecular formula is C31H45N3O6. The van der Waals surface area contributed by atoms with Gasteiger partial charge in [-0.05, 0) is 69.9 Å². The number of phenolic OH excluding ortho intramolecular Hbond substituents is 1. The molecule has 2 unspecified atom stereocenters. The van der Waals surface area contributed by atoms with E-state index >= 15 is 0 Å². The number of nitrogens with zero attached hydrogens (tertiary/aromatic N) is 1. The van der Waals surface area contributed by atoms with Gasteiger partial charge in [0, 0.05) is 17.8 Å². The number of aromatic hydroxyl groups is 1. The van der Waals surface area contributed by atoms with E-state index in [1.165, 1.54) is 4.90 Å². The minimum Gasteiger partial charge on any atom is -0.507 e. The van der Waals surface area contributed by atoms with Crippen LogP contribution in [0.25, 0.3) is 0 Å². The molecule has 3 N–H and O–H groups in total. The first kappa shape index (κ1) is 32.5. The van der Waals surface area contributed by atoms with Gasteiger partial charge in [-0.15, -0.1) is 0 Å². The lowest BCUT2D eigenvalue weighted by Crippen LogP contribution is -2.54. The van der Waals surface area contributed by atoms with E-state index in [0.29, 0.717) is 29.0 Å². The monoisotopic (exact) mass is 555 g/mol. The molecule has 9 heteroatoms. The molecule has 0 fully saturated rings. The van der Waals surface area contributed by atoms with Crippen LogP contribution < -0.4 is 15.4 Å². The first-order valence-electron chi connectivity index (χ1n) is 13.8. The van der Waals surface area contributed by atoms with Gasteiger partial charge in [0.15, 0.2) is 0 Å². The Morgan fingerprint density at radius 2 is 1.68 bits per heavy atom. The first-order valence-corrected chi connectivity index (χ1v) is 13.8. The quantitative estimate of drug-likeness (QED) is 0.278. The van der Waals surface area contributed by atoms with E-state index in [1.807, 2.05) is 20.8 Å². The van der Waals surface area contributed by atoms with Crippen LogP contribution in [0.3, 0.4) is 0 Å². The number of anilines is 1. The third kappa shape index (κ3) is 9.17. The van der Waals surface area contributed by atoms with Crippen molar-refractivity contribution in [3.8, 4) is 11.5 Å². The Hall–Kier alpha value is -3.75. The summed E-state index contributed by atoms with van der Waals surface area (Å²) in [6.07, 6.45) is 1.66. The Morgan fingerprint density at radius 1 is 1.02 bits per heavy atom.